The number of piperidine rings is 1. The zero-order valence-corrected chi connectivity index (χ0v) is 13.1. The second-order valence-electron chi connectivity index (χ2n) is 6.12. The van der Waals surface area contributed by atoms with Gasteiger partial charge in [-0.25, -0.2) is 4.39 Å². The Morgan fingerprint density at radius 2 is 2.23 bits per heavy atom. The van der Waals surface area contributed by atoms with Crippen LogP contribution in [0.2, 0.25) is 0 Å². The molecule has 1 amide bonds. The van der Waals surface area contributed by atoms with Crippen molar-refractivity contribution in [2.75, 3.05) is 6.54 Å². The number of nitrogens with one attached hydrogen (secondary N) is 2. The van der Waals surface area contributed by atoms with Crippen LogP contribution in [0.25, 0.3) is 0 Å². The lowest BCUT2D eigenvalue weighted by molar-refractivity contribution is -0.122. The van der Waals surface area contributed by atoms with Gasteiger partial charge >= 0.3 is 0 Å². The molecule has 1 aliphatic heterocycles. The quantitative estimate of drug-likeness (QED) is 0.821. The predicted octanol–water partition coefficient (Wildman–Crippen LogP) is 2.29. The van der Waals surface area contributed by atoms with E-state index in [0.717, 1.165) is 19.4 Å². The summed E-state index contributed by atoms with van der Waals surface area (Å²) < 4.78 is 13.2. The van der Waals surface area contributed by atoms with E-state index in [0.29, 0.717) is 11.6 Å². The Balaban J connectivity index is 1.86. The third kappa shape index (κ3) is 4.63. The Morgan fingerprint density at radius 3 is 2.91 bits per heavy atom. The fourth-order valence-electron chi connectivity index (χ4n) is 2.85. The van der Waals surface area contributed by atoms with Crippen molar-refractivity contribution in [1.82, 2.24) is 10.6 Å². The summed E-state index contributed by atoms with van der Waals surface area (Å²) in [4.78, 5) is 24.3. The molecule has 3 atom stereocenters. The Morgan fingerprint density at radius 1 is 1.45 bits per heavy atom. The van der Waals surface area contributed by atoms with E-state index in [1.807, 2.05) is 0 Å². The van der Waals surface area contributed by atoms with Crippen molar-refractivity contribution in [2.24, 2.45) is 5.92 Å². The van der Waals surface area contributed by atoms with E-state index < -0.39 is 11.7 Å². The molecule has 1 saturated heterocycles. The summed E-state index contributed by atoms with van der Waals surface area (Å²) in [6.45, 7) is 4.69. The third-order valence-corrected chi connectivity index (χ3v) is 4.04. The lowest BCUT2D eigenvalue weighted by Gasteiger charge is -2.29. The standard InChI is InChI=1S/C17H23FN2O2/c1-11(17(22)13-4-3-5-14(18)10-13)8-16(21)20-15-6-7-19-12(2)9-15/h3-5,10-12,15,19H,6-9H2,1-2H3,(H,20,21). The van der Waals surface area contributed by atoms with Gasteiger partial charge in [0.15, 0.2) is 5.78 Å². The van der Waals surface area contributed by atoms with Crippen LogP contribution in [0, 0.1) is 11.7 Å². The smallest absolute Gasteiger partial charge is 0.220 e. The molecule has 0 saturated carbocycles. The lowest BCUT2D eigenvalue weighted by Crippen LogP contribution is -2.47. The molecule has 5 heteroatoms. The van der Waals surface area contributed by atoms with Crippen molar-refractivity contribution in [2.45, 2.75) is 45.2 Å². The first-order valence-corrected chi connectivity index (χ1v) is 7.78. The molecule has 1 heterocycles. The molecule has 120 valence electrons. The molecule has 0 bridgehead atoms. The molecular weight excluding hydrogens is 283 g/mol. The highest BCUT2D eigenvalue weighted by Crippen LogP contribution is 2.14. The maximum Gasteiger partial charge on any atom is 0.220 e. The highest BCUT2D eigenvalue weighted by Gasteiger charge is 2.23. The minimum atomic E-state index is -0.457. The molecule has 1 aromatic rings. The van der Waals surface area contributed by atoms with E-state index in [1.54, 1.807) is 13.0 Å². The maximum absolute atomic E-state index is 13.2. The van der Waals surface area contributed by atoms with Crippen LogP contribution < -0.4 is 10.6 Å². The molecule has 2 N–H and O–H groups in total. The third-order valence-electron chi connectivity index (χ3n) is 4.04. The molecule has 4 nitrogen and oxygen atoms in total. The summed E-state index contributed by atoms with van der Waals surface area (Å²) in [5.74, 6) is -1.21. The molecular formula is C17H23FN2O2. The number of carbonyl (C=O) groups is 2. The zero-order valence-electron chi connectivity index (χ0n) is 13.1. The molecule has 0 aromatic heterocycles. The Kier molecular flexibility index (Phi) is 5.66. The number of Topliss-reactive ketones (excluding diaryl/α,β-unsaturated/α-hetero) is 1. The number of carbonyl (C=O) groups excluding carboxylic acids is 2. The number of benzene rings is 1. The van der Waals surface area contributed by atoms with E-state index in [-0.39, 0.29) is 24.2 Å². The van der Waals surface area contributed by atoms with Crippen molar-refractivity contribution in [3.05, 3.63) is 35.6 Å². The Hall–Kier alpha value is -1.75. The summed E-state index contributed by atoms with van der Waals surface area (Å²) in [6, 6.07) is 6.16. The monoisotopic (exact) mass is 306 g/mol. The first-order chi connectivity index (χ1) is 10.5. The van der Waals surface area contributed by atoms with E-state index in [2.05, 4.69) is 17.6 Å². The van der Waals surface area contributed by atoms with Gasteiger partial charge in [-0.05, 0) is 38.4 Å². The molecule has 0 aliphatic carbocycles. The second kappa shape index (κ2) is 7.49. The minimum Gasteiger partial charge on any atom is -0.353 e. The average molecular weight is 306 g/mol. The van der Waals surface area contributed by atoms with Crippen LogP contribution in [0.4, 0.5) is 4.39 Å². The lowest BCUT2D eigenvalue weighted by atomic mass is 9.95. The van der Waals surface area contributed by atoms with Gasteiger partial charge in [0.05, 0.1) is 0 Å². The minimum absolute atomic E-state index is 0.114. The number of rotatable bonds is 5. The molecule has 0 radical (unpaired) electrons. The number of ketones is 1. The van der Waals surface area contributed by atoms with Gasteiger partial charge in [-0.15, -0.1) is 0 Å². The van der Waals surface area contributed by atoms with E-state index in [9.17, 15) is 14.0 Å². The normalized spacial score (nSPS) is 22.9. The van der Waals surface area contributed by atoms with Crippen LogP contribution in [0.3, 0.4) is 0 Å². The molecule has 1 fully saturated rings. The predicted molar refractivity (Wildman–Crippen MR) is 83.1 cm³/mol. The summed E-state index contributed by atoms with van der Waals surface area (Å²) in [7, 11) is 0. The Labute approximate surface area is 130 Å². The molecule has 1 aliphatic rings. The highest BCUT2D eigenvalue weighted by molar-refractivity contribution is 5.99. The van der Waals surface area contributed by atoms with Crippen LogP contribution in [-0.4, -0.2) is 30.3 Å². The fraction of sp³-hybridized carbons (Fsp3) is 0.529. The zero-order chi connectivity index (χ0) is 16.1. The van der Waals surface area contributed by atoms with Gasteiger partial charge in [0.2, 0.25) is 5.91 Å². The summed E-state index contributed by atoms with van der Waals surface area (Å²) in [6.07, 6.45) is 1.94. The SMILES string of the molecule is CC1CC(NC(=O)CC(C)C(=O)c2cccc(F)c2)CCN1. The van der Waals surface area contributed by atoms with Crippen LogP contribution in [0.5, 0.6) is 0 Å². The van der Waals surface area contributed by atoms with Gasteiger partial charge in [-0.1, -0.05) is 19.1 Å². The van der Waals surface area contributed by atoms with Gasteiger partial charge in [-0.2, -0.15) is 0 Å². The van der Waals surface area contributed by atoms with Gasteiger partial charge in [0.1, 0.15) is 5.82 Å². The number of hydrogen-bond donors (Lipinski definition) is 2. The number of halogens is 1. The number of amides is 1. The largest absolute Gasteiger partial charge is 0.353 e. The number of hydrogen-bond acceptors (Lipinski definition) is 3. The fourth-order valence-corrected chi connectivity index (χ4v) is 2.85. The Bertz CT molecular complexity index is 547. The van der Waals surface area contributed by atoms with Crippen LogP contribution in [0.15, 0.2) is 24.3 Å². The second-order valence-corrected chi connectivity index (χ2v) is 6.12. The van der Waals surface area contributed by atoms with Gasteiger partial charge in [0.25, 0.3) is 0 Å². The van der Waals surface area contributed by atoms with E-state index in [1.165, 1.54) is 18.2 Å². The summed E-state index contributed by atoms with van der Waals surface area (Å²) in [5.41, 5.74) is 0.316. The average Bonchev–Trinajstić information content (AvgIpc) is 2.46. The van der Waals surface area contributed by atoms with Crippen LogP contribution in [0.1, 0.15) is 43.5 Å². The first-order valence-electron chi connectivity index (χ1n) is 7.78. The van der Waals surface area contributed by atoms with Crippen LogP contribution >= 0.6 is 0 Å². The van der Waals surface area contributed by atoms with E-state index in [4.69, 9.17) is 0 Å². The van der Waals surface area contributed by atoms with Crippen molar-refractivity contribution < 1.29 is 14.0 Å². The molecule has 2 rings (SSSR count). The highest BCUT2D eigenvalue weighted by atomic mass is 19.1. The first kappa shape index (κ1) is 16.6. The van der Waals surface area contributed by atoms with Crippen molar-refractivity contribution in [1.29, 1.82) is 0 Å². The van der Waals surface area contributed by atoms with E-state index >= 15 is 0 Å². The van der Waals surface area contributed by atoms with Crippen molar-refractivity contribution in [3.63, 3.8) is 0 Å². The van der Waals surface area contributed by atoms with Crippen molar-refractivity contribution in [3.8, 4) is 0 Å². The summed E-state index contributed by atoms with van der Waals surface area (Å²) >= 11 is 0. The molecule has 3 unspecified atom stereocenters. The molecule has 1 aromatic carbocycles. The summed E-state index contributed by atoms with van der Waals surface area (Å²) in [5, 5.41) is 6.32. The van der Waals surface area contributed by atoms with Gasteiger partial charge in [-0.3, -0.25) is 9.59 Å². The molecule has 22 heavy (non-hydrogen) atoms. The van der Waals surface area contributed by atoms with Crippen molar-refractivity contribution >= 4 is 11.7 Å². The molecule has 0 spiro atoms. The van der Waals surface area contributed by atoms with Crippen LogP contribution in [-0.2, 0) is 4.79 Å². The maximum atomic E-state index is 13.2. The van der Waals surface area contributed by atoms with Gasteiger partial charge in [0, 0.05) is 30.0 Å². The van der Waals surface area contributed by atoms with Gasteiger partial charge < -0.3 is 10.6 Å². The topological polar surface area (TPSA) is 58.2 Å².